The van der Waals surface area contributed by atoms with Crippen molar-refractivity contribution in [1.82, 2.24) is 4.90 Å². The molecule has 0 atom stereocenters. The van der Waals surface area contributed by atoms with Crippen LogP contribution < -0.4 is 0 Å². The average Bonchev–Trinajstić information content (AvgIpc) is 2.32. The molecule has 0 aliphatic rings. The Balaban J connectivity index is 3.24. The van der Waals surface area contributed by atoms with Gasteiger partial charge in [0.1, 0.15) is 0 Å². The average molecular weight is 257 g/mol. The summed E-state index contributed by atoms with van der Waals surface area (Å²) in [6.45, 7) is 5.98. The van der Waals surface area contributed by atoms with Gasteiger partial charge in [-0.25, -0.2) is 0 Å². The minimum absolute atomic E-state index is 0.112. The van der Waals surface area contributed by atoms with E-state index in [9.17, 15) is 4.79 Å². The number of hydrogen-bond acceptors (Lipinski definition) is 3. The van der Waals surface area contributed by atoms with Crippen molar-refractivity contribution in [2.75, 3.05) is 26.7 Å². The van der Waals surface area contributed by atoms with E-state index in [1.807, 2.05) is 14.0 Å². The van der Waals surface area contributed by atoms with E-state index in [2.05, 4.69) is 11.8 Å². The van der Waals surface area contributed by atoms with E-state index in [0.717, 1.165) is 6.54 Å². The highest BCUT2D eigenvalue weighted by Crippen LogP contribution is 2.08. The Kier molecular flexibility index (Phi) is 12.5. The minimum atomic E-state index is -0.112. The Hall–Kier alpha value is -0.570. The second kappa shape index (κ2) is 12.9. The maximum Gasteiger partial charge on any atom is 0.320 e. The molecule has 0 rings (SSSR count). The maximum absolute atomic E-state index is 11.2. The standard InChI is InChI=1S/C15H31NO2/c1-4-6-7-8-9-10-11-12-13-16(3)14-15(17)18-5-2/h4-14H2,1-3H3. The summed E-state index contributed by atoms with van der Waals surface area (Å²) in [5.41, 5.74) is 0. The highest BCUT2D eigenvalue weighted by Gasteiger charge is 2.05. The van der Waals surface area contributed by atoms with Crippen LogP contribution in [0.4, 0.5) is 0 Å². The normalized spacial score (nSPS) is 10.9. The predicted octanol–water partition coefficient (Wildman–Crippen LogP) is 3.62. The molecule has 0 aromatic carbocycles. The number of carbonyl (C=O) groups is 1. The minimum Gasteiger partial charge on any atom is -0.465 e. The first-order valence-electron chi connectivity index (χ1n) is 7.54. The van der Waals surface area contributed by atoms with Gasteiger partial charge in [-0.1, -0.05) is 51.9 Å². The topological polar surface area (TPSA) is 29.5 Å². The molecule has 0 N–H and O–H groups in total. The third kappa shape index (κ3) is 11.9. The van der Waals surface area contributed by atoms with Crippen LogP contribution in [0.1, 0.15) is 65.2 Å². The van der Waals surface area contributed by atoms with Gasteiger partial charge in [0.25, 0.3) is 0 Å². The lowest BCUT2D eigenvalue weighted by Gasteiger charge is -2.15. The number of likely N-dealkylation sites (N-methyl/N-ethyl adjacent to an activating group) is 1. The Morgan fingerprint density at radius 3 is 2.06 bits per heavy atom. The molecule has 0 fully saturated rings. The molecule has 0 heterocycles. The number of unbranched alkanes of at least 4 members (excludes halogenated alkanes) is 7. The van der Waals surface area contributed by atoms with Crippen LogP contribution in [0.2, 0.25) is 0 Å². The summed E-state index contributed by atoms with van der Waals surface area (Å²) in [6, 6.07) is 0. The number of esters is 1. The third-order valence-electron chi connectivity index (χ3n) is 3.10. The summed E-state index contributed by atoms with van der Waals surface area (Å²) in [5, 5.41) is 0. The van der Waals surface area contributed by atoms with Crippen molar-refractivity contribution >= 4 is 5.97 Å². The smallest absolute Gasteiger partial charge is 0.320 e. The van der Waals surface area contributed by atoms with Crippen LogP contribution in [0.3, 0.4) is 0 Å². The Morgan fingerprint density at radius 1 is 0.944 bits per heavy atom. The van der Waals surface area contributed by atoms with Crippen LogP contribution in [0, 0.1) is 0 Å². The van der Waals surface area contributed by atoms with Gasteiger partial charge in [-0.15, -0.1) is 0 Å². The van der Waals surface area contributed by atoms with Crippen molar-refractivity contribution in [1.29, 1.82) is 0 Å². The molecule has 3 heteroatoms. The first-order chi connectivity index (χ1) is 8.70. The zero-order valence-corrected chi connectivity index (χ0v) is 12.5. The number of ether oxygens (including phenoxy) is 1. The summed E-state index contributed by atoms with van der Waals surface area (Å²) < 4.78 is 4.91. The lowest BCUT2D eigenvalue weighted by Crippen LogP contribution is -2.28. The van der Waals surface area contributed by atoms with Gasteiger partial charge in [-0.05, 0) is 26.9 Å². The van der Waals surface area contributed by atoms with Gasteiger partial charge in [0.2, 0.25) is 0 Å². The molecule has 0 bridgehead atoms. The van der Waals surface area contributed by atoms with Crippen LogP contribution in [0.25, 0.3) is 0 Å². The Morgan fingerprint density at radius 2 is 1.50 bits per heavy atom. The van der Waals surface area contributed by atoms with Crippen LogP contribution >= 0.6 is 0 Å². The number of rotatable bonds is 12. The summed E-state index contributed by atoms with van der Waals surface area (Å²) >= 11 is 0. The molecule has 108 valence electrons. The molecule has 0 spiro atoms. The van der Waals surface area contributed by atoms with Crippen LogP contribution in [-0.2, 0) is 9.53 Å². The van der Waals surface area contributed by atoms with Crippen molar-refractivity contribution in [2.45, 2.75) is 65.2 Å². The van der Waals surface area contributed by atoms with Gasteiger partial charge in [0.05, 0.1) is 13.2 Å². The molecule has 0 aromatic heterocycles. The van der Waals surface area contributed by atoms with E-state index < -0.39 is 0 Å². The van der Waals surface area contributed by atoms with E-state index in [1.54, 1.807) is 0 Å². The van der Waals surface area contributed by atoms with E-state index >= 15 is 0 Å². The van der Waals surface area contributed by atoms with Crippen LogP contribution in [0.5, 0.6) is 0 Å². The van der Waals surface area contributed by atoms with Crippen molar-refractivity contribution in [2.24, 2.45) is 0 Å². The van der Waals surface area contributed by atoms with Crippen LogP contribution in [0.15, 0.2) is 0 Å². The van der Waals surface area contributed by atoms with Gasteiger partial charge < -0.3 is 4.74 Å². The highest BCUT2D eigenvalue weighted by atomic mass is 16.5. The molecule has 0 unspecified atom stereocenters. The lowest BCUT2D eigenvalue weighted by molar-refractivity contribution is -0.144. The fraction of sp³-hybridized carbons (Fsp3) is 0.933. The van der Waals surface area contributed by atoms with E-state index in [4.69, 9.17) is 4.74 Å². The lowest BCUT2D eigenvalue weighted by atomic mass is 10.1. The predicted molar refractivity (Wildman–Crippen MR) is 76.7 cm³/mol. The molecular formula is C15H31NO2. The maximum atomic E-state index is 11.2. The van der Waals surface area contributed by atoms with Gasteiger partial charge >= 0.3 is 5.97 Å². The fourth-order valence-corrected chi connectivity index (χ4v) is 2.02. The molecular weight excluding hydrogens is 226 g/mol. The molecule has 0 radical (unpaired) electrons. The zero-order valence-electron chi connectivity index (χ0n) is 12.5. The first-order valence-corrected chi connectivity index (χ1v) is 7.54. The molecule has 0 aliphatic carbocycles. The van der Waals surface area contributed by atoms with E-state index in [-0.39, 0.29) is 5.97 Å². The number of hydrogen-bond donors (Lipinski definition) is 0. The SMILES string of the molecule is CCCCCCCCCCN(C)CC(=O)OCC. The molecule has 0 amide bonds. The van der Waals surface area contributed by atoms with Gasteiger partial charge in [0.15, 0.2) is 0 Å². The first kappa shape index (κ1) is 17.4. The van der Waals surface area contributed by atoms with E-state index in [1.165, 1.54) is 51.4 Å². The summed E-state index contributed by atoms with van der Waals surface area (Å²) in [7, 11) is 1.98. The summed E-state index contributed by atoms with van der Waals surface area (Å²) in [6.07, 6.45) is 10.6. The Labute approximate surface area is 113 Å². The van der Waals surface area contributed by atoms with Crippen molar-refractivity contribution < 1.29 is 9.53 Å². The monoisotopic (exact) mass is 257 g/mol. The van der Waals surface area contributed by atoms with Crippen molar-refractivity contribution in [3.8, 4) is 0 Å². The quantitative estimate of drug-likeness (QED) is 0.395. The second-order valence-corrected chi connectivity index (χ2v) is 5.02. The molecule has 3 nitrogen and oxygen atoms in total. The largest absolute Gasteiger partial charge is 0.465 e. The molecule has 0 aliphatic heterocycles. The van der Waals surface area contributed by atoms with Crippen molar-refractivity contribution in [3.05, 3.63) is 0 Å². The molecule has 18 heavy (non-hydrogen) atoms. The molecule has 0 aromatic rings. The summed E-state index contributed by atoms with van der Waals surface area (Å²) in [4.78, 5) is 13.3. The highest BCUT2D eigenvalue weighted by molar-refractivity contribution is 5.71. The van der Waals surface area contributed by atoms with E-state index in [0.29, 0.717) is 13.2 Å². The Bertz CT molecular complexity index is 195. The molecule has 0 saturated heterocycles. The van der Waals surface area contributed by atoms with Gasteiger partial charge in [-0.3, -0.25) is 9.69 Å². The second-order valence-electron chi connectivity index (χ2n) is 5.02. The molecule has 0 saturated carbocycles. The fourth-order valence-electron chi connectivity index (χ4n) is 2.02. The summed E-state index contributed by atoms with van der Waals surface area (Å²) in [5.74, 6) is -0.112. The van der Waals surface area contributed by atoms with Gasteiger partial charge in [0, 0.05) is 0 Å². The number of carbonyl (C=O) groups excluding carboxylic acids is 1. The van der Waals surface area contributed by atoms with Crippen molar-refractivity contribution in [3.63, 3.8) is 0 Å². The van der Waals surface area contributed by atoms with Gasteiger partial charge in [-0.2, -0.15) is 0 Å². The third-order valence-corrected chi connectivity index (χ3v) is 3.10. The van der Waals surface area contributed by atoms with Crippen LogP contribution in [-0.4, -0.2) is 37.6 Å². The number of nitrogens with zero attached hydrogens (tertiary/aromatic N) is 1. The zero-order chi connectivity index (χ0) is 13.6.